The minimum atomic E-state index is -5.08. The summed E-state index contributed by atoms with van der Waals surface area (Å²) in [7, 11) is -4.15. The first kappa shape index (κ1) is 17.3. The number of hydrogen-bond donors (Lipinski definition) is 1. The molecule has 1 N–H and O–H groups in total. The van der Waals surface area contributed by atoms with Gasteiger partial charge in [-0.05, 0) is 24.5 Å². The molecule has 2 aliphatic heterocycles. The fourth-order valence-corrected chi connectivity index (χ4v) is 5.46. The summed E-state index contributed by atoms with van der Waals surface area (Å²) in [5, 5.41) is 9.72. The van der Waals surface area contributed by atoms with Gasteiger partial charge in [-0.1, -0.05) is 30.0 Å². The fourth-order valence-electron chi connectivity index (χ4n) is 2.57. The topological polar surface area (TPSA) is 70.0 Å². The quantitative estimate of drug-likeness (QED) is 0.857. The molecule has 3 rings (SSSR count). The highest BCUT2D eigenvalue weighted by molar-refractivity contribution is 8.16. The van der Waals surface area contributed by atoms with E-state index in [1.165, 1.54) is 34.6 Å². The maximum Gasteiger partial charge on any atom is 0.438 e. The number of benzene rings is 1. The summed E-state index contributed by atoms with van der Waals surface area (Å²) in [5.41, 5.74) is -2.97. The predicted octanol–water partition coefficient (Wildman–Crippen LogP) is 2.71. The smallest absolute Gasteiger partial charge is 0.362 e. The van der Waals surface area contributed by atoms with Crippen LogP contribution in [0.2, 0.25) is 0 Å². The molecular weight excluding hydrogens is 365 g/mol. The third kappa shape index (κ3) is 2.62. The lowest BCUT2D eigenvalue weighted by Gasteiger charge is -2.40. The molecule has 1 aromatic rings. The van der Waals surface area contributed by atoms with Crippen LogP contribution in [0, 0.1) is 0 Å². The number of nitrogens with zero attached hydrogens (tertiary/aromatic N) is 2. The van der Waals surface area contributed by atoms with Crippen LogP contribution in [0.1, 0.15) is 13.3 Å². The maximum absolute atomic E-state index is 13.2. The first-order valence-electron chi connectivity index (χ1n) is 6.87. The molecule has 2 aliphatic rings. The summed E-state index contributed by atoms with van der Waals surface area (Å²) >= 11 is 0.857. The van der Waals surface area contributed by atoms with Gasteiger partial charge in [-0.2, -0.15) is 13.2 Å². The van der Waals surface area contributed by atoms with Crippen LogP contribution in [-0.2, 0) is 9.84 Å². The second-order valence-corrected chi connectivity index (χ2v) is 8.41. The molecule has 0 spiro atoms. The van der Waals surface area contributed by atoms with Gasteiger partial charge >= 0.3 is 6.18 Å². The van der Waals surface area contributed by atoms with Crippen LogP contribution in [0.3, 0.4) is 0 Å². The monoisotopic (exact) mass is 378 g/mol. The van der Waals surface area contributed by atoms with Crippen molar-refractivity contribution in [2.75, 3.05) is 0 Å². The number of aliphatic hydroxyl groups is 1. The van der Waals surface area contributed by atoms with E-state index in [1.807, 2.05) is 0 Å². The first-order valence-corrected chi connectivity index (χ1v) is 9.29. The maximum atomic E-state index is 13.2. The largest absolute Gasteiger partial charge is 0.438 e. The Morgan fingerprint density at radius 2 is 1.96 bits per heavy atom. The van der Waals surface area contributed by atoms with E-state index in [9.17, 15) is 26.7 Å². The van der Waals surface area contributed by atoms with E-state index in [4.69, 9.17) is 0 Å². The number of rotatable bonds is 2. The van der Waals surface area contributed by atoms with E-state index < -0.39 is 33.5 Å². The normalized spacial score (nSPS) is 27.5. The minimum Gasteiger partial charge on any atom is -0.362 e. The number of allylic oxidation sites excluding steroid dienone is 1. The molecule has 10 heteroatoms. The molecule has 0 fully saturated rings. The Hall–Kier alpha value is -1.52. The van der Waals surface area contributed by atoms with Crippen LogP contribution in [0.15, 0.2) is 51.3 Å². The third-order valence-corrected chi connectivity index (χ3v) is 6.81. The van der Waals surface area contributed by atoms with Crippen molar-refractivity contribution in [2.45, 2.75) is 35.5 Å². The summed E-state index contributed by atoms with van der Waals surface area (Å²) in [6.07, 6.45) is -6.17. The van der Waals surface area contributed by atoms with Crippen molar-refractivity contribution in [3.05, 3.63) is 41.4 Å². The molecular formula is C14H13F3N2O3S2. The zero-order valence-electron chi connectivity index (χ0n) is 12.4. The van der Waals surface area contributed by atoms with E-state index >= 15 is 0 Å². The second-order valence-electron chi connectivity index (χ2n) is 5.47. The molecule has 0 radical (unpaired) electrons. The lowest BCUT2D eigenvalue weighted by atomic mass is 10.1. The molecule has 0 aliphatic carbocycles. The van der Waals surface area contributed by atoms with Gasteiger partial charge in [0.25, 0.3) is 5.72 Å². The molecule has 0 amide bonds. The van der Waals surface area contributed by atoms with Crippen molar-refractivity contribution in [3.63, 3.8) is 0 Å². The summed E-state index contributed by atoms with van der Waals surface area (Å²) < 4.78 is 65.5. The lowest BCUT2D eigenvalue weighted by molar-refractivity contribution is -0.262. The molecule has 2 heterocycles. The van der Waals surface area contributed by atoms with Gasteiger partial charge in [0, 0.05) is 12.1 Å². The Kier molecular flexibility index (Phi) is 3.97. The van der Waals surface area contributed by atoms with E-state index in [-0.39, 0.29) is 10.1 Å². The molecule has 0 saturated carbocycles. The summed E-state index contributed by atoms with van der Waals surface area (Å²) in [6, 6.07) is 7.21. The van der Waals surface area contributed by atoms with Gasteiger partial charge in [0.05, 0.1) is 4.90 Å². The van der Waals surface area contributed by atoms with Gasteiger partial charge in [-0.15, -0.1) is 0 Å². The Labute approximate surface area is 140 Å². The van der Waals surface area contributed by atoms with Gasteiger partial charge in [0.15, 0.2) is 15.0 Å². The van der Waals surface area contributed by atoms with Crippen molar-refractivity contribution < 1.29 is 26.7 Å². The van der Waals surface area contributed by atoms with Gasteiger partial charge in [0.1, 0.15) is 5.37 Å². The van der Waals surface area contributed by atoms with E-state index in [0.29, 0.717) is 5.70 Å². The number of amidine groups is 1. The highest BCUT2D eigenvalue weighted by Gasteiger charge is 2.61. The molecule has 2 atom stereocenters. The Balaban J connectivity index is 2.13. The number of thioether (sulfide) groups is 1. The van der Waals surface area contributed by atoms with E-state index in [1.54, 1.807) is 13.0 Å². The summed E-state index contributed by atoms with van der Waals surface area (Å²) in [4.78, 5) is 4.50. The molecule has 0 bridgehead atoms. The number of sulfone groups is 1. The number of fused-ring (bicyclic) bond motifs is 1. The fraction of sp³-hybridized carbons (Fsp3) is 0.357. The number of hydrogen-bond acceptors (Lipinski definition) is 6. The van der Waals surface area contributed by atoms with Gasteiger partial charge in [-0.25, -0.2) is 13.4 Å². The predicted molar refractivity (Wildman–Crippen MR) is 83.7 cm³/mol. The zero-order chi connectivity index (χ0) is 17.8. The molecule has 0 saturated heterocycles. The van der Waals surface area contributed by atoms with Crippen LogP contribution in [0.25, 0.3) is 0 Å². The zero-order valence-corrected chi connectivity index (χ0v) is 14.0. The lowest BCUT2D eigenvalue weighted by Crippen LogP contribution is -2.56. The van der Waals surface area contributed by atoms with E-state index in [2.05, 4.69) is 4.99 Å². The Morgan fingerprint density at radius 1 is 1.33 bits per heavy atom. The van der Waals surface area contributed by atoms with Gasteiger partial charge in [0.2, 0.25) is 0 Å². The summed E-state index contributed by atoms with van der Waals surface area (Å²) in [6.45, 7) is 1.58. The summed E-state index contributed by atoms with van der Waals surface area (Å²) in [5.74, 6) is 0. The third-order valence-electron chi connectivity index (χ3n) is 3.83. The van der Waals surface area contributed by atoms with Crippen LogP contribution in [0.4, 0.5) is 13.2 Å². The first-order chi connectivity index (χ1) is 11.1. The number of halogens is 3. The van der Waals surface area contributed by atoms with Crippen LogP contribution in [-0.4, -0.2) is 40.9 Å². The van der Waals surface area contributed by atoms with Crippen molar-refractivity contribution in [3.8, 4) is 0 Å². The van der Waals surface area contributed by atoms with Crippen molar-refractivity contribution in [1.82, 2.24) is 4.90 Å². The molecule has 5 nitrogen and oxygen atoms in total. The van der Waals surface area contributed by atoms with Crippen molar-refractivity contribution >= 4 is 26.8 Å². The average molecular weight is 378 g/mol. The van der Waals surface area contributed by atoms with Crippen LogP contribution >= 0.6 is 11.8 Å². The SMILES string of the molecule is CC1=CSC2=N[C@](O)(C(F)(F)F)C[C@@H](S(=O)(=O)c3ccccc3)N12. The Bertz CT molecular complexity index is 821. The van der Waals surface area contributed by atoms with E-state index in [0.717, 1.165) is 11.8 Å². The highest BCUT2D eigenvalue weighted by Crippen LogP contribution is 2.45. The molecule has 1 aromatic carbocycles. The molecule has 0 aromatic heterocycles. The van der Waals surface area contributed by atoms with Gasteiger partial charge < -0.3 is 10.0 Å². The number of alkyl halides is 3. The highest BCUT2D eigenvalue weighted by atomic mass is 32.2. The average Bonchev–Trinajstić information content (AvgIpc) is 2.87. The van der Waals surface area contributed by atoms with Gasteiger partial charge in [-0.3, -0.25) is 0 Å². The second kappa shape index (κ2) is 5.50. The molecule has 130 valence electrons. The van der Waals surface area contributed by atoms with Crippen LogP contribution < -0.4 is 0 Å². The van der Waals surface area contributed by atoms with Crippen molar-refractivity contribution in [1.29, 1.82) is 0 Å². The molecule has 24 heavy (non-hydrogen) atoms. The molecule has 0 unspecified atom stereocenters. The minimum absolute atomic E-state index is 0.106. The standard InChI is InChI=1S/C14H13F3N2O3S2/c1-9-8-23-12-18-13(20,14(15,16)17)7-11(19(9)12)24(21,22)10-5-3-2-4-6-10/h2-6,8,11,20H,7H2,1H3/t11-,13-/m1/s1. The van der Waals surface area contributed by atoms with Crippen LogP contribution in [0.5, 0.6) is 0 Å². The Morgan fingerprint density at radius 3 is 2.54 bits per heavy atom. The number of aliphatic imine (C=N–C) groups is 1. The van der Waals surface area contributed by atoms with Crippen molar-refractivity contribution in [2.24, 2.45) is 4.99 Å².